The van der Waals surface area contributed by atoms with Crippen molar-refractivity contribution in [2.75, 3.05) is 26.2 Å². The van der Waals surface area contributed by atoms with Gasteiger partial charge in [-0.1, -0.05) is 0 Å². The van der Waals surface area contributed by atoms with Crippen molar-refractivity contribution in [1.82, 2.24) is 9.21 Å². The highest BCUT2D eigenvalue weighted by Crippen LogP contribution is 2.29. The van der Waals surface area contributed by atoms with Gasteiger partial charge in [0.1, 0.15) is 10.7 Å². The summed E-state index contributed by atoms with van der Waals surface area (Å²) in [6.07, 6.45) is 0. The zero-order valence-corrected chi connectivity index (χ0v) is 14.1. The highest BCUT2D eigenvalue weighted by atomic mass is 79.9. The molecule has 1 aromatic rings. The van der Waals surface area contributed by atoms with Crippen LogP contribution >= 0.6 is 15.9 Å². The predicted molar refractivity (Wildman–Crippen MR) is 79.8 cm³/mol. The van der Waals surface area contributed by atoms with Crippen LogP contribution in [-0.4, -0.2) is 49.8 Å². The lowest BCUT2D eigenvalue weighted by molar-refractivity contribution is 0.154. The Morgan fingerprint density at radius 1 is 1.35 bits per heavy atom. The van der Waals surface area contributed by atoms with Crippen molar-refractivity contribution in [3.8, 4) is 0 Å². The Morgan fingerprint density at radius 2 is 1.95 bits per heavy atom. The van der Waals surface area contributed by atoms with Crippen LogP contribution in [0.1, 0.15) is 19.6 Å². The van der Waals surface area contributed by atoms with Crippen molar-refractivity contribution in [2.24, 2.45) is 5.73 Å². The number of rotatable bonds is 4. The number of furan rings is 1. The first-order valence-corrected chi connectivity index (χ1v) is 8.82. The van der Waals surface area contributed by atoms with Crippen LogP contribution in [0.5, 0.6) is 0 Å². The molecule has 114 valence electrons. The molecule has 0 bridgehead atoms. The molecule has 1 aliphatic heterocycles. The molecule has 1 aromatic heterocycles. The third kappa shape index (κ3) is 3.09. The average Bonchev–Trinajstić information content (AvgIpc) is 2.81. The summed E-state index contributed by atoms with van der Waals surface area (Å²) in [4.78, 5) is 2.43. The summed E-state index contributed by atoms with van der Waals surface area (Å²) in [6, 6.07) is 1.93. The molecule has 2 N–H and O–H groups in total. The molecule has 0 spiro atoms. The van der Waals surface area contributed by atoms with Crippen molar-refractivity contribution in [3.63, 3.8) is 0 Å². The molecule has 1 saturated heterocycles. The van der Waals surface area contributed by atoms with Crippen molar-refractivity contribution in [3.05, 3.63) is 16.5 Å². The van der Waals surface area contributed by atoms with E-state index in [4.69, 9.17) is 10.2 Å². The minimum Gasteiger partial charge on any atom is -0.452 e. The number of halogens is 1. The van der Waals surface area contributed by atoms with E-state index >= 15 is 0 Å². The second-order valence-corrected chi connectivity index (χ2v) is 7.72. The van der Waals surface area contributed by atoms with Crippen LogP contribution in [-0.2, 0) is 16.6 Å². The second kappa shape index (κ2) is 6.15. The normalized spacial score (nSPS) is 18.9. The van der Waals surface area contributed by atoms with Gasteiger partial charge in [0.15, 0.2) is 4.67 Å². The zero-order chi connectivity index (χ0) is 14.9. The molecule has 2 rings (SSSR count). The topological polar surface area (TPSA) is 79.8 Å². The van der Waals surface area contributed by atoms with Gasteiger partial charge in [0.2, 0.25) is 10.0 Å². The Hall–Kier alpha value is -0.410. The summed E-state index contributed by atoms with van der Waals surface area (Å²) < 4.78 is 32.2. The van der Waals surface area contributed by atoms with Crippen LogP contribution in [0.3, 0.4) is 0 Å². The fourth-order valence-corrected chi connectivity index (χ4v) is 4.66. The maximum Gasteiger partial charge on any atom is 0.247 e. The van der Waals surface area contributed by atoms with Crippen LogP contribution < -0.4 is 5.73 Å². The van der Waals surface area contributed by atoms with E-state index in [1.165, 1.54) is 10.4 Å². The van der Waals surface area contributed by atoms with Gasteiger partial charge in [-0.2, -0.15) is 4.31 Å². The van der Waals surface area contributed by atoms with E-state index in [1.807, 2.05) is 0 Å². The molecule has 6 nitrogen and oxygen atoms in total. The van der Waals surface area contributed by atoms with Crippen LogP contribution in [0.4, 0.5) is 0 Å². The smallest absolute Gasteiger partial charge is 0.247 e. The Balaban J connectivity index is 2.17. The van der Waals surface area contributed by atoms with Gasteiger partial charge in [0.05, 0.1) is 6.54 Å². The average molecular weight is 366 g/mol. The van der Waals surface area contributed by atoms with Crippen molar-refractivity contribution in [2.45, 2.75) is 31.3 Å². The Labute approximate surface area is 128 Å². The monoisotopic (exact) mass is 365 g/mol. The summed E-state index contributed by atoms with van der Waals surface area (Å²) >= 11 is 3.16. The van der Waals surface area contributed by atoms with Crippen LogP contribution in [0.2, 0.25) is 0 Å². The molecule has 0 amide bonds. The van der Waals surface area contributed by atoms with E-state index < -0.39 is 10.0 Å². The number of hydrogen-bond donors (Lipinski definition) is 1. The molecular weight excluding hydrogens is 346 g/mol. The van der Waals surface area contributed by atoms with Gasteiger partial charge < -0.3 is 10.2 Å². The molecule has 0 atom stereocenters. The lowest BCUT2D eigenvalue weighted by atomic mass is 10.3. The molecule has 2 heterocycles. The van der Waals surface area contributed by atoms with Gasteiger partial charge in [0, 0.05) is 38.3 Å². The third-order valence-corrected chi connectivity index (χ3v) is 6.28. The van der Waals surface area contributed by atoms with Gasteiger partial charge in [-0.3, -0.25) is 4.90 Å². The lowest BCUT2D eigenvalue weighted by Crippen LogP contribution is -2.50. The summed E-state index contributed by atoms with van der Waals surface area (Å²) in [5.74, 6) is 0.455. The van der Waals surface area contributed by atoms with Gasteiger partial charge in [-0.25, -0.2) is 8.42 Å². The highest BCUT2D eigenvalue weighted by molar-refractivity contribution is 9.10. The molecule has 8 heteroatoms. The van der Waals surface area contributed by atoms with Crippen LogP contribution in [0, 0.1) is 0 Å². The maximum atomic E-state index is 12.6. The molecule has 0 saturated carbocycles. The standard InChI is InChI=1S/C12H20BrN3O3S/c1-9(2)15-3-5-16(6-4-15)20(17,18)11-7-10(8-14)19-12(11)13/h7,9H,3-6,8,14H2,1-2H3. The first-order chi connectivity index (χ1) is 9.36. The Morgan fingerprint density at radius 3 is 2.40 bits per heavy atom. The summed E-state index contributed by atoms with van der Waals surface area (Å²) in [5, 5.41) is 0. The quantitative estimate of drug-likeness (QED) is 0.867. The first-order valence-electron chi connectivity index (χ1n) is 6.58. The van der Waals surface area contributed by atoms with E-state index in [2.05, 4.69) is 34.7 Å². The summed E-state index contributed by atoms with van der Waals surface area (Å²) in [6.45, 7) is 6.89. The SMILES string of the molecule is CC(C)N1CCN(S(=O)(=O)c2cc(CN)oc2Br)CC1. The molecule has 0 aliphatic carbocycles. The lowest BCUT2D eigenvalue weighted by Gasteiger charge is -2.36. The fraction of sp³-hybridized carbons (Fsp3) is 0.667. The maximum absolute atomic E-state index is 12.6. The van der Waals surface area contributed by atoms with Crippen molar-refractivity contribution >= 4 is 26.0 Å². The summed E-state index contributed by atoms with van der Waals surface area (Å²) in [5.41, 5.74) is 5.48. The van der Waals surface area contributed by atoms with Gasteiger partial charge in [-0.05, 0) is 29.8 Å². The number of nitrogens with two attached hydrogens (primary N) is 1. The number of sulfonamides is 1. The highest BCUT2D eigenvalue weighted by Gasteiger charge is 2.32. The molecular formula is C12H20BrN3O3S. The number of piperazine rings is 1. The Bertz CT molecular complexity index is 563. The molecule has 20 heavy (non-hydrogen) atoms. The number of nitrogens with zero attached hydrogens (tertiary/aromatic N) is 2. The van der Waals surface area contributed by atoms with Gasteiger partial charge in [0.25, 0.3) is 0 Å². The second-order valence-electron chi connectivity index (χ2n) is 5.09. The summed E-state index contributed by atoms with van der Waals surface area (Å²) in [7, 11) is -3.52. The van der Waals surface area contributed by atoms with E-state index in [0.717, 1.165) is 13.1 Å². The minimum atomic E-state index is -3.52. The largest absolute Gasteiger partial charge is 0.452 e. The third-order valence-electron chi connectivity index (χ3n) is 3.53. The molecule has 1 fully saturated rings. The van der Waals surface area contributed by atoms with Crippen molar-refractivity contribution < 1.29 is 12.8 Å². The zero-order valence-electron chi connectivity index (χ0n) is 11.7. The van der Waals surface area contributed by atoms with Crippen LogP contribution in [0.15, 0.2) is 20.0 Å². The Kier molecular flexibility index (Phi) is 4.91. The van der Waals surface area contributed by atoms with E-state index in [1.54, 1.807) is 0 Å². The number of hydrogen-bond acceptors (Lipinski definition) is 5. The first kappa shape index (κ1) is 16.0. The fourth-order valence-electron chi connectivity index (χ4n) is 2.27. The van der Waals surface area contributed by atoms with Gasteiger partial charge in [-0.15, -0.1) is 0 Å². The molecule has 1 aliphatic rings. The van der Waals surface area contributed by atoms with E-state index in [-0.39, 0.29) is 16.1 Å². The van der Waals surface area contributed by atoms with Gasteiger partial charge >= 0.3 is 0 Å². The van der Waals surface area contributed by atoms with Crippen LogP contribution in [0.25, 0.3) is 0 Å². The minimum absolute atomic E-state index is 0.163. The predicted octanol–water partition coefficient (Wildman–Crippen LogP) is 1.22. The van der Waals surface area contributed by atoms with Crippen molar-refractivity contribution in [1.29, 1.82) is 0 Å². The molecule has 0 unspecified atom stereocenters. The molecule has 0 radical (unpaired) electrons. The van der Waals surface area contributed by atoms with E-state index in [9.17, 15) is 8.42 Å². The van der Waals surface area contributed by atoms with E-state index in [0.29, 0.717) is 24.9 Å². The molecule has 0 aromatic carbocycles.